The van der Waals surface area contributed by atoms with Crippen LogP contribution in [-0.2, 0) is 16.9 Å². The van der Waals surface area contributed by atoms with Gasteiger partial charge in [0.2, 0.25) is 11.4 Å². The lowest BCUT2D eigenvalue weighted by molar-refractivity contribution is -0.203. The van der Waals surface area contributed by atoms with Crippen LogP contribution in [0.25, 0.3) is 0 Å². The summed E-state index contributed by atoms with van der Waals surface area (Å²) < 4.78 is 57.7. The summed E-state index contributed by atoms with van der Waals surface area (Å²) in [5.74, 6) is 2.92. The molecule has 2 N–H and O–H groups in total. The van der Waals surface area contributed by atoms with E-state index in [2.05, 4.69) is 22.5 Å². The number of hydrogen-bond acceptors (Lipinski definition) is 3. The van der Waals surface area contributed by atoms with Crippen LogP contribution in [0.4, 0.5) is 32.8 Å². The van der Waals surface area contributed by atoms with Crippen molar-refractivity contribution >= 4 is 23.7 Å². The third-order valence-electron chi connectivity index (χ3n) is 5.34. The maximum absolute atomic E-state index is 14.8. The molecule has 4 rings (SSSR count). The maximum Gasteiger partial charge on any atom is 0.427 e. The Morgan fingerprint density at radius 2 is 1.90 bits per heavy atom. The number of nitrogens with zero attached hydrogens (tertiary/aromatic N) is 2. The molecule has 1 aromatic carbocycles. The van der Waals surface area contributed by atoms with E-state index >= 15 is 0 Å². The monoisotopic (exact) mass is 424 g/mol. The number of carbonyl (C=O) groups excluding carboxylic acids is 3. The summed E-state index contributed by atoms with van der Waals surface area (Å²) >= 11 is 0. The van der Waals surface area contributed by atoms with E-state index in [4.69, 9.17) is 0 Å². The highest BCUT2D eigenvalue weighted by molar-refractivity contribution is 6.02. The summed E-state index contributed by atoms with van der Waals surface area (Å²) in [7, 11) is 0.951. The Morgan fingerprint density at radius 1 is 1.20 bits per heavy atom. The zero-order valence-electron chi connectivity index (χ0n) is 15.7. The average molecular weight is 424 g/mol. The van der Waals surface area contributed by atoms with Gasteiger partial charge in [0.05, 0.1) is 13.1 Å². The number of urea groups is 2. The van der Waals surface area contributed by atoms with Crippen LogP contribution in [0, 0.1) is 23.6 Å². The summed E-state index contributed by atoms with van der Waals surface area (Å²) in [5, 5.41) is 4.58. The predicted octanol–water partition coefficient (Wildman–Crippen LogP) is 2.53. The molecule has 0 unspecified atom stereocenters. The van der Waals surface area contributed by atoms with Gasteiger partial charge in [-0.2, -0.15) is 13.2 Å². The van der Waals surface area contributed by atoms with Gasteiger partial charge in [0.15, 0.2) is 0 Å². The maximum atomic E-state index is 14.8. The summed E-state index contributed by atoms with van der Waals surface area (Å²) in [4.78, 5) is 37.0. The van der Waals surface area contributed by atoms with Gasteiger partial charge in [0, 0.05) is 29.8 Å². The largest absolute Gasteiger partial charge is 0.427 e. The van der Waals surface area contributed by atoms with Crippen molar-refractivity contribution in [2.45, 2.75) is 31.1 Å². The molecule has 0 spiro atoms. The van der Waals surface area contributed by atoms with E-state index in [9.17, 15) is 31.9 Å². The zero-order chi connectivity index (χ0) is 21.8. The third kappa shape index (κ3) is 3.03. The summed E-state index contributed by atoms with van der Waals surface area (Å²) in [6.45, 7) is -0.733. The Bertz CT molecular complexity index is 1010. The first-order valence-electron chi connectivity index (χ1n) is 9.10. The molecule has 0 radical (unpaired) electrons. The first-order valence-corrected chi connectivity index (χ1v) is 9.10. The highest BCUT2D eigenvalue weighted by Crippen LogP contribution is 2.49. The fraction of sp³-hybridized carbons (Fsp3) is 0.421. The van der Waals surface area contributed by atoms with Gasteiger partial charge in [0.1, 0.15) is 5.82 Å². The van der Waals surface area contributed by atoms with Crippen molar-refractivity contribution in [1.29, 1.82) is 0 Å². The van der Waals surface area contributed by atoms with Crippen molar-refractivity contribution in [2.75, 3.05) is 18.9 Å². The molecule has 2 fully saturated rings. The molecular formula is C19H16F4N4O3. The molecule has 1 atom stereocenters. The molecule has 1 saturated carbocycles. The second-order valence-corrected chi connectivity index (χ2v) is 7.37. The minimum absolute atomic E-state index is 0.185. The molecule has 1 saturated heterocycles. The molecule has 2 heterocycles. The van der Waals surface area contributed by atoms with E-state index in [0.717, 1.165) is 18.0 Å². The van der Waals surface area contributed by atoms with E-state index < -0.39 is 47.6 Å². The van der Waals surface area contributed by atoms with Gasteiger partial charge in [0.25, 0.3) is 0 Å². The number of halogens is 4. The first-order chi connectivity index (χ1) is 14.0. The number of imide groups is 1. The molecule has 2 aliphatic heterocycles. The number of benzene rings is 1. The number of hydrogen-bond donors (Lipinski definition) is 2. The van der Waals surface area contributed by atoms with Gasteiger partial charge in [-0.25, -0.2) is 14.0 Å². The topological polar surface area (TPSA) is 81.8 Å². The number of nitrogens with one attached hydrogen (secondary N) is 2. The second kappa shape index (κ2) is 6.62. The quantitative estimate of drug-likeness (QED) is 0.435. The predicted molar refractivity (Wildman–Crippen MR) is 95.4 cm³/mol. The van der Waals surface area contributed by atoms with Crippen molar-refractivity contribution < 1.29 is 31.9 Å². The Balaban J connectivity index is 1.84. The van der Waals surface area contributed by atoms with Crippen LogP contribution in [0.2, 0.25) is 0 Å². The molecule has 3 aliphatic rings. The van der Waals surface area contributed by atoms with Gasteiger partial charge >= 0.3 is 18.2 Å². The van der Waals surface area contributed by atoms with Crippen LogP contribution in [0.5, 0.6) is 0 Å². The van der Waals surface area contributed by atoms with E-state index in [-0.39, 0.29) is 23.7 Å². The van der Waals surface area contributed by atoms with E-state index in [0.29, 0.717) is 23.8 Å². The summed E-state index contributed by atoms with van der Waals surface area (Å²) in [6.07, 6.45) is -3.67. The molecular weight excluding hydrogens is 408 g/mol. The van der Waals surface area contributed by atoms with Crippen LogP contribution in [-0.4, -0.2) is 47.5 Å². The van der Waals surface area contributed by atoms with Crippen LogP contribution >= 0.6 is 0 Å². The Hall–Kier alpha value is -3.29. The Kier molecular flexibility index (Phi) is 4.41. The molecule has 0 bridgehead atoms. The van der Waals surface area contributed by atoms with Gasteiger partial charge < -0.3 is 10.6 Å². The van der Waals surface area contributed by atoms with Crippen molar-refractivity contribution in [3.63, 3.8) is 0 Å². The molecule has 30 heavy (non-hydrogen) atoms. The van der Waals surface area contributed by atoms with Crippen LogP contribution in [0.15, 0.2) is 12.1 Å². The molecule has 7 nitrogen and oxygen atoms in total. The lowest BCUT2D eigenvalue weighted by Crippen LogP contribution is -2.60. The lowest BCUT2D eigenvalue weighted by atomic mass is 9.84. The standard InChI is InChI=1S/C19H16F4N4O3/c1-26-17(30)25-14-6-11(9-27-15(28)8-24-16(27)29)13(20)7-12(14)18(26,19(21,22)23)5-4-10-2-3-10/h6-7,10H,2-3,8-9H2,1H3,(H,24,29)(H,25,30)/t18-/m0/s1. The fourth-order valence-corrected chi connectivity index (χ4v) is 3.46. The van der Waals surface area contributed by atoms with Crippen LogP contribution in [0.3, 0.4) is 0 Å². The molecule has 0 aromatic heterocycles. The normalized spacial score (nSPS) is 23.6. The van der Waals surface area contributed by atoms with E-state index in [1.165, 1.54) is 0 Å². The van der Waals surface area contributed by atoms with Gasteiger partial charge in [-0.3, -0.25) is 14.6 Å². The SMILES string of the molecule is CN1C(=O)Nc2cc(CN3C(=O)CNC3=O)c(F)cc2[C@@]1(C#CC1CC1)C(F)(F)F. The zero-order valence-corrected chi connectivity index (χ0v) is 15.7. The first kappa shape index (κ1) is 20.0. The molecule has 1 aromatic rings. The minimum Gasteiger partial charge on any atom is -0.329 e. The van der Waals surface area contributed by atoms with Crippen molar-refractivity contribution in [3.8, 4) is 11.8 Å². The smallest absolute Gasteiger partial charge is 0.329 e. The average Bonchev–Trinajstić information content (AvgIpc) is 3.43. The lowest BCUT2D eigenvalue weighted by Gasteiger charge is -2.43. The molecule has 11 heteroatoms. The van der Waals surface area contributed by atoms with E-state index in [1.54, 1.807) is 0 Å². The van der Waals surface area contributed by atoms with Crippen molar-refractivity contribution in [3.05, 3.63) is 29.1 Å². The van der Waals surface area contributed by atoms with Crippen molar-refractivity contribution in [2.24, 2.45) is 5.92 Å². The number of fused-ring (bicyclic) bond motifs is 1. The number of carbonyl (C=O) groups is 3. The minimum atomic E-state index is -5.01. The fourth-order valence-electron chi connectivity index (χ4n) is 3.46. The molecule has 5 amide bonds. The number of rotatable bonds is 2. The molecule has 1 aliphatic carbocycles. The van der Waals surface area contributed by atoms with E-state index in [1.807, 2.05) is 0 Å². The highest BCUT2D eigenvalue weighted by Gasteiger charge is 2.62. The van der Waals surface area contributed by atoms with Crippen molar-refractivity contribution in [1.82, 2.24) is 15.1 Å². The number of anilines is 1. The van der Waals surface area contributed by atoms with Crippen LogP contribution in [0.1, 0.15) is 24.0 Å². The van der Waals surface area contributed by atoms with Gasteiger partial charge in [-0.1, -0.05) is 11.8 Å². The number of amides is 5. The summed E-state index contributed by atoms with van der Waals surface area (Å²) in [5.41, 5.74) is -4.06. The second-order valence-electron chi connectivity index (χ2n) is 7.37. The van der Waals surface area contributed by atoms with Gasteiger partial charge in [-0.05, 0) is 25.0 Å². The molecule has 158 valence electrons. The third-order valence-corrected chi connectivity index (χ3v) is 5.34. The Labute approximate surface area is 168 Å². The summed E-state index contributed by atoms with van der Waals surface area (Å²) in [6, 6.07) is -0.125. The number of alkyl halides is 3. The highest BCUT2D eigenvalue weighted by atomic mass is 19.4. The Morgan fingerprint density at radius 3 is 2.47 bits per heavy atom. The van der Waals surface area contributed by atoms with Crippen LogP contribution < -0.4 is 10.6 Å². The van der Waals surface area contributed by atoms with Gasteiger partial charge in [-0.15, -0.1) is 0 Å².